The molecule has 3 unspecified atom stereocenters. The molecule has 0 fully saturated rings. The number of aliphatic hydroxyl groups excluding tert-OH is 1. The van der Waals surface area contributed by atoms with E-state index in [-0.39, 0.29) is 6.04 Å². The normalized spacial score (nSPS) is 24.5. The first-order chi connectivity index (χ1) is 10.1. The molecule has 0 radical (unpaired) electrons. The highest BCUT2D eigenvalue weighted by Crippen LogP contribution is 2.44. The molecule has 5 heteroatoms. The van der Waals surface area contributed by atoms with E-state index >= 15 is 0 Å². The summed E-state index contributed by atoms with van der Waals surface area (Å²) in [5.41, 5.74) is 1.42. The van der Waals surface area contributed by atoms with Gasteiger partial charge in [-0.3, -0.25) is 0 Å². The number of rotatable bonds is 5. The maximum atomic E-state index is 10.2. The van der Waals surface area contributed by atoms with E-state index in [0.717, 1.165) is 6.42 Å². The van der Waals surface area contributed by atoms with E-state index in [1.807, 2.05) is 35.2 Å². The van der Waals surface area contributed by atoms with Crippen molar-refractivity contribution in [3.63, 3.8) is 0 Å². The van der Waals surface area contributed by atoms with Gasteiger partial charge >= 0.3 is 0 Å². The zero-order valence-corrected chi connectivity index (χ0v) is 13.9. The van der Waals surface area contributed by atoms with Crippen molar-refractivity contribution in [3.8, 4) is 0 Å². The Morgan fingerprint density at radius 3 is 3.10 bits per heavy atom. The highest BCUT2D eigenvalue weighted by atomic mass is 32.2. The van der Waals surface area contributed by atoms with Crippen molar-refractivity contribution < 1.29 is 9.52 Å². The molecule has 3 nitrogen and oxygen atoms in total. The van der Waals surface area contributed by atoms with Gasteiger partial charge in [-0.05, 0) is 48.9 Å². The summed E-state index contributed by atoms with van der Waals surface area (Å²) in [7, 11) is 0. The first-order valence-corrected chi connectivity index (χ1v) is 9.11. The minimum absolute atomic E-state index is 0.234. The van der Waals surface area contributed by atoms with E-state index in [0.29, 0.717) is 23.5 Å². The van der Waals surface area contributed by atoms with Crippen LogP contribution in [0.15, 0.2) is 38.5 Å². The molecule has 3 rings (SSSR count). The third-order valence-electron chi connectivity index (χ3n) is 3.84. The molecular weight excluding hydrogens is 302 g/mol. The molecule has 114 valence electrons. The lowest BCUT2D eigenvalue weighted by atomic mass is 10.0. The largest absolute Gasteiger partial charge is 0.467 e. The predicted octanol–water partition coefficient (Wildman–Crippen LogP) is 4.37. The fourth-order valence-electron chi connectivity index (χ4n) is 2.85. The van der Waals surface area contributed by atoms with Crippen LogP contribution in [0.3, 0.4) is 0 Å². The maximum Gasteiger partial charge on any atom is 0.132 e. The van der Waals surface area contributed by atoms with Gasteiger partial charge < -0.3 is 14.8 Å². The van der Waals surface area contributed by atoms with Crippen molar-refractivity contribution >= 4 is 23.1 Å². The number of fused-ring (bicyclic) bond motifs is 1. The molecule has 1 aliphatic heterocycles. The summed E-state index contributed by atoms with van der Waals surface area (Å²) in [6.07, 6.45) is 2.86. The summed E-state index contributed by atoms with van der Waals surface area (Å²) in [4.78, 5) is 0. The van der Waals surface area contributed by atoms with Crippen LogP contribution in [-0.4, -0.2) is 16.4 Å². The van der Waals surface area contributed by atoms with Crippen LogP contribution in [0.1, 0.15) is 50.2 Å². The molecule has 0 bridgehead atoms. The molecule has 1 aliphatic rings. The summed E-state index contributed by atoms with van der Waals surface area (Å²) in [5, 5.41) is 16.7. The molecule has 0 aromatic carbocycles. The van der Waals surface area contributed by atoms with Crippen LogP contribution in [0.2, 0.25) is 0 Å². The number of thiophene rings is 1. The first-order valence-electron chi connectivity index (χ1n) is 7.35. The number of thioether (sulfide) groups is 1. The zero-order chi connectivity index (χ0) is 14.8. The molecule has 4 atom stereocenters. The van der Waals surface area contributed by atoms with Gasteiger partial charge in [-0.2, -0.15) is 0 Å². The summed E-state index contributed by atoms with van der Waals surface area (Å²) in [5.74, 6) is 0.646. The molecule has 0 amide bonds. The Balaban J connectivity index is 1.62. The van der Waals surface area contributed by atoms with Crippen LogP contribution >= 0.6 is 23.1 Å². The monoisotopic (exact) mass is 323 g/mol. The van der Waals surface area contributed by atoms with Crippen LogP contribution in [0.5, 0.6) is 0 Å². The predicted molar refractivity (Wildman–Crippen MR) is 87.9 cm³/mol. The van der Waals surface area contributed by atoms with Crippen LogP contribution in [0.25, 0.3) is 0 Å². The summed E-state index contributed by atoms with van der Waals surface area (Å²) in [6, 6.07) is 6.49. The quantitative estimate of drug-likeness (QED) is 0.858. The number of aliphatic hydroxyl groups is 1. The molecule has 21 heavy (non-hydrogen) atoms. The lowest BCUT2D eigenvalue weighted by Gasteiger charge is -2.30. The SMILES string of the molecule is CC(CC(O)c1ccco1)NC1C[C@H](C)Sc2sccc21. The van der Waals surface area contributed by atoms with E-state index in [9.17, 15) is 5.11 Å². The number of nitrogens with one attached hydrogen (secondary N) is 1. The number of hydrogen-bond donors (Lipinski definition) is 2. The van der Waals surface area contributed by atoms with Crippen LogP contribution in [0, 0.1) is 0 Å². The second-order valence-corrected chi connectivity index (χ2v) is 8.34. The Hall–Kier alpha value is -0.750. The molecule has 0 aliphatic carbocycles. The molecule has 0 spiro atoms. The molecular formula is C16H21NO2S2. The van der Waals surface area contributed by atoms with E-state index in [1.54, 1.807) is 6.26 Å². The Morgan fingerprint density at radius 1 is 1.48 bits per heavy atom. The van der Waals surface area contributed by atoms with Crippen molar-refractivity contribution in [1.29, 1.82) is 0 Å². The van der Waals surface area contributed by atoms with Gasteiger partial charge in [0.1, 0.15) is 11.9 Å². The Labute approximate surface area is 133 Å². The van der Waals surface area contributed by atoms with Gasteiger partial charge in [-0.25, -0.2) is 0 Å². The van der Waals surface area contributed by atoms with E-state index in [1.165, 1.54) is 9.77 Å². The van der Waals surface area contributed by atoms with E-state index < -0.39 is 6.10 Å². The summed E-state index contributed by atoms with van der Waals surface area (Å²) < 4.78 is 6.70. The highest BCUT2D eigenvalue weighted by Gasteiger charge is 2.27. The molecule has 3 heterocycles. The van der Waals surface area contributed by atoms with Gasteiger partial charge in [0, 0.05) is 17.3 Å². The standard InChI is InChI=1S/C16H21NO2S2/c1-10(8-14(18)15-4-3-6-19-15)17-13-9-11(2)21-16-12(13)5-7-20-16/h3-7,10-11,13-14,17-18H,8-9H2,1-2H3/t10?,11-,13?,14?/m0/s1. The van der Waals surface area contributed by atoms with Crippen molar-refractivity contribution in [2.24, 2.45) is 0 Å². The zero-order valence-electron chi connectivity index (χ0n) is 12.3. The van der Waals surface area contributed by atoms with Crippen molar-refractivity contribution in [3.05, 3.63) is 41.2 Å². The van der Waals surface area contributed by atoms with Gasteiger partial charge in [-0.15, -0.1) is 23.1 Å². The van der Waals surface area contributed by atoms with Gasteiger partial charge in [0.15, 0.2) is 0 Å². The second kappa shape index (κ2) is 6.57. The first kappa shape index (κ1) is 15.2. The Morgan fingerprint density at radius 2 is 2.33 bits per heavy atom. The van der Waals surface area contributed by atoms with Crippen LogP contribution in [0.4, 0.5) is 0 Å². The van der Waals surface area contributed by atoms with Gasteiger partial charge in [0.05, 0.1) is 10.5 Å². The summed E-state index contributed by atoms with van der Waals surface area (Å²) in [6.45, 7) is 4.41. The van der Waals surface area contributed by atoms with Gasteiger partial charge in [0.2, 0.25) is 0 Å². The van der Waals surface area contributed by atoms with E-state index in [2.05, 4.69) is 30.6 Å². The number of hydrogen-bond acceptors (Lipinski definition) is 5. The minimum atomic E-state index is -0.542. The molecule has 0 saturated heterocycles. The van der Waals surface area contributed by atoms with Crippen LogP contribution < -0.4 is 5.32 Å². The third kappa shape index (κ3) is 3.54. The number of furan rings is 1. The second-order valence-electron chi connectivity index (χ2n) is 5.71. The topological polar surface area (TPSA) is 45.4 Å². The highest BCUT2D eigenvalue weighted by molar-refractivity contribution is 8.01. The van der Waals surface area contributed by atoms with Crippen molar-refractivity contribution in [2.45, 2.75) is 54.3 Å². The summed E-state index contributed by atoms with van der Waals surface area (Å²) >= 11 is 3.81. The Bertz CT molecular complexity index is 567. The smallest absolute Gasteiger partial charge is 0.132 e. The maximum absolute atomic E-state index is 10.2. The lowest BCUT2D eigenvalue weighted by molar-refractivity contribution is 0.126. The molecule has 0 saturated carbocycles. The van der Waals surface area contributed by atoms with E-state index in [4.69, 9.17) is 4.42 Å². The van der Waals surface area contributed by atoms with Crippen molar-refractivity contribution in [1.82, 2.24) is 5.32 Å². The minimum Gasteiger partial charge on any atom is -0.467 e. The molecule has 2 N–H and O–H groups in total. The van der Waals surface area contributed by atoms with Gasteiger partial charge in [-0.1, -0.05) is 6.92 Å². The Kier molecular flexibility index (Phi) is 4.74. The van der Waals surface area contributed by atoms with Crippen molar-refractivity contribution in [2.75, 3.05) is 0 Å². The lowest BCUT2D eigenvalue weighted by Crippen LogP contribution is -2.34. The fraction of sp³-hybridized carbons (Fsp3) is 0.500. The van der Waals surface area contributed by atoms with Gasteiger partial charge in [0.25, 0.3) is 0 Å². The average molecular weight is 323 g/mol. The van der Waals surface area contributed by atoms with Crippen LogP contribution in [-0.2, 0) is 0 Å². The fourth-order valence-corrected chi connectivity index (χ4v) is 5.42. The molecule has 2 aromatic rings. The molecule has 2 aromatic heterocycles. The third-order valence-corrected chi connectivity index (χ3v) is 6.19. The average Bonchev–Trinajstić information content (AvgIpc) is 3.08.